The minimum Gasteiger partial charge on any atom is -0.317 e. The molecule has 104 valence electrons. The highest BCUT2D eigenvalue weighted by Crippen LogP contribution is 2.43. The molecule has 1 N–H and O–H groups in total. The Morgan fingerprint density at radius 1 is 0.789 bits per heavy atom. The molecule has 0 unspecified atom stereocenters. The molecule has 2 fully saturated rings. The van der Waals surface area contributed by atoms with Gasteiger partial charge in [-0.3, -0.25) is 0 Å². The summed E-state index contributed by atoms with van der Waals surface area (Å²) in [5.74, 6) is 2.68. The van der Waals surface area contributed by atoms with Gasteiger partial charge in [0.05, 0.1) is 0 Å². The average molecular weight is 257 g/mol. The number of piperidine rings is 1. The Labute approximate surface area is 117 Å². The summed E-state index contributed by atoms with van der Waals surface area (Å²) in [6, 6.07) is 11.4. The molecule has 0 radical (unpaired) electrons. The van der Waals surface area contributed by atoms with Crippen molar-refractivity contribution >= 4 is 0 Å². The van der Waals surface area contributed by atoms with Gasteiger partial charge < -0.3 is 5.32 Å². The van der Waals surface area contributed by atoms with E-state index in [0.717, 1.165) is 17.8 Å². The second kappa shape index (κ2) is 6.56. The Kier molecular flexibility index (Phi) is 4.55. The standard InChI is InChI=1S/C18H27N/c1-3-7-15(8-4-1)18(16-9-5-2-6-10-16)17-11-13-19-14-12-17/h1,3-4,7-8,16-19H,2,5-6,9-14H2/t18-/m0/s1. The van der Waals surface area contributed by atoms with Gasteiger partial charge in [-0.15, -0.1) is 0 Å². The fourth-order valence-corrected chi connectivity index (χ4v) is 4.30. The highest BCUT2D eigenvalue weighted by atomic mass is 14.9. The van der Waals surface area contributed by atoms with Crippen LogP contribution >= 0.6 is 0 Å². The highest BCUT2D eigenvalue weighted by molar-refractivity contribution is 5.21. The summed E-state index contributed by atoms with van der Waals surface area (Å²) in [7, 11) is 0. The first-order chi connectivity index (χ1) is 9.45. The van der Waals surface area contributed by atoms with E-state index in [4.69, 9.17) is 0 Å². The molecule has 1 nitrogen and oxygen atoms in total. The molecule has 1 atom stereocenters. The van der Waals surface area contributed by atoms with E-state index >= 15 is 0 Å². The van der Waals surface area contributed by atoms with Gasteiger partial charge in [-0.25, -0.2) is 0 Å². The first kappa shape index (κ1) is 13.2. The van der Waals surface area contributed by atoms with Crippen LogP contribution in [0.2, 0.25) is 0 Å². The minimum absolute atomic E-state index is 0.823. The summed E-state index contributed by atoms with van der Waals surface area (Å²) in [5, 5.41) is 3.52. The van der Waals surface area contributed by atoms with E-state index < -0.39 is 0 Å². The maximum Gasteiger partial charge on any atom is -0.00460 e. The monoisotopic (exact) mass is 257 g/mol. The van der Waals surface area contributed by atoms with Gasteiger partial charge in [-0.05, 0) is 62.1 Å². The van der Waals surface area contributed by atoms with E-state index in [1.807, 2.05) is 0 Å². The zero-order valence-electron chi connectivity index (χ0n) is 12.0. The first-order valence-corrected chi connectivity index (χ1v) is 8.21. The maximum absolute atomic E-state index is 3.52. The molecule has 0 aromatic heterocycles. The fraction of sp³-hybridized carbons (Fsp3) is 0.667. The van der Waals surface area contributed by atoms with E-state index in [1.165, 1.54) is 58.0 Å². The molecule has 1 heteroatoms. The molecule has 1 heterocycles. The average Bonchev–Trinajstić information content (AvgIpc) is 2.51. The molecule has 1 aliphatic carbocycles. The lowest BCUT2D eigenvalue weighted by Crippen LogP contribution is -2.34. The van der Waals surface area contributed by atoms with Crippen molar-refractivity contribution in [1.82, 2.24) is 5.32 Å². The van der Waals surface area contributed by atoms with Crippen LogP contribution in [0.25, 0.3) is 0 Å². The second-order valence-electron chi connectivity index (χ2n) is 6.42. The van der Waals surface area contributed by atoms with Crippen LogP contribution in [0, 0.1) is 11.8 Å². The third kappa shape index (κ3) is 3.20. The fourth-order valence-electron chi connectivity index (χ4n) is 4.30. The van der Waals surface area contributed by atoms with Gasteiger partial charge in [-0.2, -0.15) is 0 Å². The quantitative estimate of drug-likeness (QED) is 0.849. The molecule has 1 saturated carbocycles. The molecular weight excluding hydrogens is 230 g/mol. The maximum atomic E-state index is 3.52. The van der Waals surface area contributed by atoms with Gasteiger partial charge in [0.2, 0.25) is 0 Å². The lowest BCUT2D eigenvalue weighted by Gasteiger charge is -2.38. The smallest absolute Gasteiger partial charge is 0.00460 e. The predicted octanol–water partition coefficient (Wildman–Crippen LogP) is 4.35. The van der Waals surface area contributed by atoms with E-state index in [1.54, 1.807) is 5.56 Å². The van der Waals surface area contributed by atoms with Gasteiger partial charge in [0.25, 0.3) is 0 Å². The van der Waals surface area contributed by atoms with Gasteiger partial charge in [0, 0.05) is 0 Å². The zero-order chi connectivity index (χ0) is 12.9. The SMILES string of the molecule is c1ccc([C@@H](C2CCCCC2)C2CCNCC2)cc1. The zero-order valence-corrected chi connectivity index (χ0v) is 12.0. The number of hydrogen-bond acceptors (Lipinski definition) is 1. The topological polar surface area (TPSA) is 12.0 Å². The molecule has 1 aliphatic heterocycles. The Balaban J connectivity index is 1.81. The summed E-state index contributed by atoms with van der Waals surface area (Å²) in [4.78, 5) is 0. The third-order valence-corrected chi connectivity index (χ3v) is 5.23. The van der Waals surface area contributed by atoms with Crippen LogP contribution in [0.3, 0.4) is 0 Å². The minimum atomic E-state index is 0.823. The first-order valence-electron chi connectivity index (χ1n) is 8.21. The Morgan fingerprint density at radius 2 is 1.42 bits per heavy atom. The van der Waals surface area contributed by atoms with Crippen molar-refractivity contribution < 1.29 is 0 Å². The summed E-state index contributed by atoms with van der Waals surface area (Å²) in [6.45, 7) is 2.45. The van der Waals surface area contributed by atoms with Gasteiger partial charge in [-0.1, -0.05) is 49.6 Å². The molecule has 0 bridgehead atoms. The number of nitrogens with one attached hydrogen (secondary N) is 1. The molecule has 2 aliphatic rings. The summed E-state index contributed by atoms with van der Waals surface area (Å²) in [6.07, 6.45) is 10.0. The Bertz CT molecular complexity index is 343. The van der Waals surface area contributed by atoms with Crippen LogP contribution in [0.1, 0.15) is 56.4 Å². The van der Waals surface area contributed by atoms with Crippen LogP contribution in [0.4, 0.5) is 0 Å². The molecule has 0 amide bonds. The Hall–Kier alpha value is -0.820. The van der Waals surface area contributed by atoms with Crippen molar-refractivity contribution in [3.8, 4) is 0 Å². The van der Waals surface area contributed by atoms with Crippen molar-refractivity contribution in [2.24, 2.45) is 11.8 Å². The lowest BCUT2D eigenvalue weighted by atomic mass is 9.68. The van der Waals surface area contributed by atoms with E-state index in [0.29, 0.717) is 0 Å². The molecule has 0 spiro atoms. The van der Waals surface area contributed by atoms with Crippen molar-refractivity contribution in [3.05, 3.63) is 35.9 Å². The lowest BCUT2D eigenvalue weighted by molar-refractivity contribution is 0.209. The van der Waals surface area contributed by atoms with Crippen LogP contribution in [0.15, 0.2) is 30.3 Å². The molecule has 19 heavy (non-hydrogen) atoms. The molecule has 1 aromatic rings. The molecule has 3 rings (SSSR count). The number of rotatable bonds is 3. The van der Waals surface area contributed by atoms with Crippen LogP contribution in [0.5, 0.6) is 0 Å². The van der Waals surface area contributed by atoms with Crippen LogP contribution < -0.4 is 5.32 Å². The Morgan fingerprint density at radius 3 is 2.11 bits per heavy atom. The summed E-state index contributed by atoms with van der Waals surface area (Å²) in [5.41, 5.74) is 1.61. The summed E-state index contributed by atoms with van der Waals surface area (Å²) >= 11 is 0. The second-order valence-corrected chi connectivity index (χ2v) is 6.42. The van der Waals surface area contributed by atoms with E-state index in [2.05, 4.69) is 35.6 Å². The largest absolute Gasteiger partial charge is 0.317 e. The van der Waals surface area contributed by atoms with Crippen molar-refractivity contribution in [2.75, 3.05) is 13.1 Å². The van der Waals surface area contributed by atoms with Gasteiger partial charge in [0.1, 0.15) is 0 Å². The molecule has 1 saturated heterocycles. The highest BCUT2D eigenvalue weighted by Gasteiger charge is 2.32. The van der Waals surface area contributed by atoms with E-state index in [9.17, 15) is 0 Å². The van der Waals surface area contributed by atoms with Crippen molar-refractivity contribution in [2.45, 2.75) is 50.9 Å². The van der Waals surface area contributed by atoms with Gasteiger partial charge in [0.15, 0.2) is 0 Å². The van der Waals surface area contributed by atoms with Crippen LogP contribution in [-0.4, -0.2) is 13.1 Å². The number of benzene rings is 1. The molecular formula is C18H27N. The van der Waals surface area contributed by atoms with Crippen molar-refractivity contribution in [3.63, 3.8) is 0 Å². The predicted molar refractivity (Wildman–Crippen MR) is 81.4 cm³/mol. The number of hydrogen-bond donors (Lipinski definition) is 1. The van der Waals surface area contributed by atoms with Gasteiger partial charge >= 0.3 is 0 Å². The molecule has 1 aromatic carbocycles. The van der Waals surface area contributed by atoms with Crippen LogP contribution in [-0.2, 0) is 0 Å². The normalized spacial score (nSPS) is 24.2. The van der Waals surface area contributed by atoms with Crippen molar-refractivity contribution in [1.29, 1.82) is 0 Å². The third-order valence-electron chi connectivity index (χ3n) is 5.23. The summed E-state index contributed by atoms with van der Waals surface area (Å²) < 4.78 is 0. The van der Waals surface area contributed by atoms with E-state index in [-0.39, 0.29) is 0 Å².